The smallest absolute Gasteiger partial charge is 0.106 e. The molecule has 0 spiro atoms. The van der Waals surface area contributed by atoms with Crippen molar-refractivity contribution in [1.82, 2.24) is 19.9 Å². The highest BCUT2D eigenvalue weighted by molar-refractivity contribution is 5.09. The molecule has 0 bridgehead atoms. The minimum Gasteiger partial charge on any atom is -0.348 e. The SMILES string of the molecule is c1ncc(CCc2ncc(C3CCCCC3)[nH]2)[nH]1. The van der Waals surface area contributed by atoms with Crippen LogP contribution < -0.4 is 0 Å². The molecule has 0 atom stereocenters. The van der Waals surface area contributed by atoms with Gasteiger partial charge in [0.15, 0.2) is 0 Å². The van der Waals surface area contributed by atoms with Crippen LogP contribution in [-0.4, -0.2) is 19.9 Å². The lowest BCUT2D eigenvalue weighted by molar-refractivity contribution is 0.437. The topological polar surface area (TPSA) is 57.4 Å². The molecule has 2 aromatic heterocycles. The highest BCUT2D eigenvalue weighted by Gasteiger charge is 2.17. The van der Waals surface area contributed by atoms with E-state index < -0.39 is 0 Å². The predicted octanol–water partition coefficient (Wildman–Crippen LogP) is 2.97. The number of nitrogens with one attached hydrogen (secondary N) is 2. The molecule has 0 unspecified atom stereocenters. The normalized spacial score (nSPS) is 17.1. The fourth-order valence-corrected chi connectivity index (χ4v) is 2.80. The largest absolute Gasteiger partial charge is 0.348 e. The van der Waals surface area contributed by atoms with E-state index in [0.29, 0.717) is 5.92 Å². The number of aryl methyl sites for hydroxylation is 2. The van der Waals surface area contributed by atoms with Crippen LogP contribution in [0.1, 0.15) is 55.2 Å². The molecule has 4 nitrogen and oxygen atoms in total. The van der Waals surface area contributed by atoms with E-state index in [9.17, 15) is 0 Å². The summed E-state index contributed by atoms with van der Waals surface area (Å²) in [4.78, 5) is 15.2. The minimum absolute atomic E-state index is 0.715. The molecule has 0 aromatic carbocycles. The van der Waals surface area contributed by atoms with Gasteiger partial charge in [0.2, 0.25) is 0 Å². The number of hydrogen-bond donors (Lipinski definition) is 2. The zero-order chi connectivity index (χ0) is 12.2. The van der Waals surface area contributed by atoms with Crippen molar-refractivity contribution in [2.24, 2.45) is 0 Å². The van der Waals surface area contributed by atoms with Gasteiger partial charge in [0, 0.05) is 36.1 Å². The first-order valence-corrected chi connectivity index (χ1v) is 6.93. The zero-order valence-electron chi connectivity index (χ0n) is 10.7. The fourth-order valence-electron chi connectivity index (χ4n) is 2.80. The molecule has 1 saturated carbocycles. The van der Waals surface area contributed by atoms with Crippen molar-refractivity contribution in [3.05, 3.63) is 35.9 Å². The second kappa shape index (κ2) is 5.38. The summed E-state index contributed by atoms with van der Waals surface area (Å²) in [6.07, 6.45) is 14.3. The van der Waals surface area contributed by atoms with Gasteiger partial charge in [0.25, 0.3) is 0 Å². The van der Waals surface area contributed by atoms with E-state index in [1.165, 1.54) is 43.5 Å². The maximum atomic E-state index is 4.50. The van der Waals surface area contributed by atoms with E-state index in [2.05, 4.69) is 19.9 Å². The van der Waals surface area contributed by atoms with Crippen molar-refractivity contribution in [1.29, 1.82) is 0 Å². The minimum atomic E-state index is 0.715. The first-order chi connectivity index (χ1) is 8.92. The van der Waals surface area contributed by atoms with Crippen LogP contribution in [0.2, 0.25) is 0 Å². The second-order valence-electron chi connectivity index (χ2n) is 5.20. The summed E-state index contributed by atoms with van der Waals surface area (Å²) in [6, 6.07) is 0. The van der Waals surface area contributed by atoms with Crippen molar-refractivity contribution in [3.8, 4) is 0 Å². The number of rotatable bonds is 4. The highest BCUT2D eigenvalue weighted by atomic mass is 14.9. The lowest BCUT2D eigenvalue weighted by Crippen LogP contribution is -2.05. The summed E-state index contributed by atoms with van der Waals surface area (Å²) in [5.74, 6) is 1.82. The predicted molar refractivity (Wildman–Crippen MR) is 70.4 cm³/mol. The Morgan fingerprint density at radius 1 is 1.11 bits per heavy atom. The number of imidazole rings is 2. The first-order valence-electron chi connectivity index (χ1n) is 6.93. The molecule has 0 saturated heterocycles. The Balaban J connectivity index is 1.59. The standard InChI is InChI=1S/C14H20N4/c1-2-4-11(5-3-1)13-9-16-14(18-13)7-6-12-8-15-10-17-12/h8-11H,1-7H2,(H,15,17)(H,16,18). The van der Waals surface area contributed by atoms with Crippen LogP contribution in [0.15, 0.2) is 18.7 Å². The monoisotopic (exact) mass is 244 g/mol. The summed E-state index contributed by atoms with van der Waals surface area (Å²) in [7, 11) is 0. The third kappa shape index (κ3) is 2.63. The van der Waals surface area contributed by atoms with E-state index in [-0.39, 0.29) is 0 Å². The molecule has 0 aliphatic heterocycles. The maximum Gasteiger partial charge on any atom is 0.106 e. The number of aromatic amines is 2. The molecular formula is C14H20N4. The Labute approximate surface area is 107 Å². The Bertz CT molecular complexity index is 466. The van der Waals surface area contributed by atoms with E-state index in [4.69, 9.17) is 0 Å². The van der Waals surface area contributed by atoms with E-state index in [0.717, 1.165) is 18.7 Å². The lowest BCUT2D eigenvalue weighted by Gasteiger charge is -2.19. The zero-order valence-corrected chi connectivity index (χ0v) is 10.7. The molecule has 2 N–H and O–H groups in total. The van der Waals surface area contributed by atoms with Gasteiger partial charge in [-0.05, 0) is 19.3 Å². The van der Waals surface area contributed by atoms with Gasteiger partial charge in [-0.2, -0.15) is 0 Å². The lowest BCUT2D eigenvalue weighted by atomic mass is 9.87. The summed E-state index contributed by atoms with van der Waals surface area (Å²) < 4.78 is 0. The summed E-state index contributed by atoms with van der Waals surface area (Å²) in [5.41, 5.74) is 2.51. The quantitative estimate of drug-likeness (QED) is 0.868. The molecule has 96 valence electrons. The van der Waals surface area contributed by atoms with E-state index >= 15 is 0 Å². The van der Waals surface area contributed by atoms with Crippen LogP contribution in [0, 0.1) is 0 Å². The third-order valence-electron chi connectivity index (χ3n) is 3.88. The van der Waals surface area contributed by atoms with Gasteiger partial charge in [0.05, 0.1) is 6.33 Å². The average molecular weight is 244 g/mol. The molecule has 2 aromatic rings. The van der Waals surface area contributed by atoms with Crippen LogP contribution in [0.5, 0.6) is 0 Å². The van der Waals surface area contributed by atoms with Gasteiger partial charge < -0.3 is 9.97 Å². The summed E-state index contributed by atoms with van der Waals surface area (Å²) >= 11 is 0. The van der Waals surface area contributed by atoms with Crippen LogP contribution in [0.3, 0.4) is 0 Å². The molecule has 2 heterocycles. The molecule has 1 fully saturated rings. The van der Waals surface area contributed by atoms with Crippen LogP contribution in [-0.2, 0) is 12.8 Å². The Kier molecular flexibility index (Phi) is 3.44. The van der Waals surface area contributed by atoms with Crippen molar-refractivity contribution in [2.45, 2.75) is 50.9 Å². The first kappa shape index (κ1) is 11.5. The number of nitrogens with zero attached hydrogens (tertiary/aromatic N) is 2. The molecule has 3 rings (SSSR count). The van der Waals surface area contributed by atoms with Crippen molar-refractivity contribution < 1.29 is 0 Å². The van der Waals surface area contributed by atoms with Gasteiger partial charge in [-0.25, -0.2) is 9.97 Å². The van der Waals surface area contributed by atoms with Crippen LogP contribution in [0.4, 0.5) is 0 Å². The van der Waals surface area contributed by atoms with Gasteiger partial charge in [0.1, 0.15) is 5.82 Å². The highest BCUT2D eigenvalue weighted by Crippen LogP contribution is 2.31. The number of H-pyrrole nitrogens is 2. The average Bonchev–Trinajstić information content (AvgIpc) is 3.09. The number of aromatic nitrogens is 4. The molecular weight excluding hydrogens is 224 g/mol. The van der Waals surface area contributed by atoms with Gasteiger partial charge >= 0.3 is 0 Å². The van der Waals surface area contributed by atoms with Crippen molar-refractivity contribution >= 4 is 0 Å². The fraction of sp³-hybridized carbons (Fsp3) is 0.571. The molecule has 1 aliphatic rings. The van der Waals surface area contributed by atoms with Gasteiger partial charge in [-0.3, -0.25) is 0 Å². The summed E-state index contributed by atoms with van der Waals surface area (Å²) in [6.45, 7) is 0. The molecule has 0 amide bonds. The second-order valence-corrected chi connectivity index (χ2v) is 5.20. The summed E-state index contributed by atoms with van der Waals surface area (Å²) in [5, 5.41) is 0. The molecule has 0 radical (unpaired) electrons. The molecule has 1 aliphatic carbocycles. The maximum absolute atomic E-state index is 4.50. The Morgan fingerprint density at radius 3 is 2.78 bits per heavy atom. The Morgan fingerprint density at radius 2 is 2.00 bits per heavy atom. The third-order valence-corrected chi connectivity index (χ3v) is 3.88. The Hall–Kier alpha value is -1.58. The van der Waals surface area contributed by atoms with Crippen LogP contribution in [0.25, 0.3) is 0 Å². The van der Waals surface area contributed by atoms with Gasteiger partial charge in [-0.15, -0.1) is 0 Å². The van der Waals surface area contributed by atoms with E-state index in [1.54, 1.807) is 6.33 Å². The van der Waals surface area contributed by atoms with Crippen molar-refractivity contribution in [3.63, 3.8) is 0 Å². The van der Waals surface area contributed by atoms with Crippen molar-refractivity contribution in [2.75, 3.05) is 0 Å². The van der Waals surface area contributed by atoms with Gasteiger partial charge in [-0.1, -0.05) is 19.3 Å². The molecule has 4 heteroatoms. The van der Waals surface area contributed by atoms with E-state index in [1.807, 2.05) is 12.4 Å². The number of hydrogen-bond acceptors (Lipinski definition) is 2. The van der Waals surface area contributed by atoms with Crippen LogP contribution >= 0.6 is 0 Å². The molecule has 18 heavy (non-hydrogen) atoms.